The smallest absolute Gasteiger partial charge is 0.205 e. The number of aromatic nitrogens is 2. The van der Waals surface area contributed by atoms with Crippen LogP contribution in [0.4, 0.5) is 9.52 Å². The molecule has 6 heteroatoms. The van der Waals surface area contributed by atoms with Crippen molar-refractivity contribution < 1.29 is 9.18 Å². The predicted molar refractivity (Wildman–Crippen MR) is 94.3 cm³/mol. The first-order valence-corrected chi connectivity index (χ1v) is 9.01. The molecule has 1 fully saturated rings. The molecule has 24 heavy (non-hydrogen) atoms. The molecular weight excluding hydrogens is 325 g/mol. The first kappa shape index (κ1) is 17.0. The van der Waals surface area contributed by atoms with Gasteiger partial charge in [-0.05, 0) is 37.1 Å². The standard InChI is InChI=1S/C18H22FN3OS/c1-18(2,3)16-20-17(24-21-16)22-10-8-13(9-11-22)15(23)12-4-6-14(19)7-5-12/h4-7,13H,8-11H2,1-3H3. The average Bonchev–Trinajstić information content (AvgIpc) is 3.05. The Balaban J connectivity index is 1.62. The fraction of sp³-hybridized carbons (Fsp3) is 0.500. The molecule has 1 aliphatic rings. The highest BCUT2D eigenvalue weighted by atomic mass is 32.1. The molecule has 1 saturated heterocycles. The van der Waals surface area contributed by atoms with Gasteiger partial charge in [0.15, 0.2) is 5.78 Å². The van der Waals surface area contributed by atoms with E-state index >= 15 is 0 Å². The molecule has 0 unspecified atom stereocenters. The van der Waals surface area contributed by atoms with E-state index in [1.54, 1.807) is 12.1 Å². The molecule has 2 aromatic rings. The molecule has 2 heterocycles. The summed E-state index contributed by atoms with van der Waals surface area (Å²) >= 11 is 1.43. The Morgan fingerprint density at radius 2 is 1.83 bits per heavy atom. The number of hydrogen-bond acceptors (Lipinski definition) is 5. The number of hydrogen-bond donors (Lipinski definition) is 0. The van der Waals surface area contributed by atoms with Crippen LogP contribution in [-0.4, -0.2) is 28.2 Å². The van der Waals surface area contributed by atoms with Gasteiger partial charge in [0.1, 0.15) is 11.6 Å². The highest BCUT2D eigenvalue weighted by molar-refractivity contribution is 7.09. The van der Waals surface area contributed by atoms with Crippen LogP contribution in [0.25, 0.3) is 0 Å². The minimum absolute atomic E-state index is 0.00159. The molecule has 0 bridgehead atoms. The number of benzene rings is 1. The zero-order valence-electron chi connectivity index (χ0n) is 14.3. The fourth-order valence-corrected chi connectivity index (χ4v) is 3.74. The van der Waals surface area contributed by atoms with E-state index in [-0.39, 0.29) is 22.9 Å². The molecule has 1 aromatic heterocycles. The molecule has 1 aromatic carbocycles. The van der Waals surface area contributed by atoms with Gasteiger partial charge in [0.2, 0.25) is 5.13 Å². The number of anilines is 1. The van der Waals surface area contributed by atoms with Gasteiger partial charge >= 0.3 is 0 Å². The highest BCUT2D eigenvalue weighted by Gasteiger charge is 2.28. The predicted octanol–water partition coefficient (Wildman–Crippen LogP) is 4.07. The lowest BCUT2D eigenvalue weighted by Crippen LogP contribution is -2.36. The third kappa shape index (κ3) is 3.64. The maximum atomic E-state index is 13.0. The van der Waals surface area contributed by atoms with E-state index in [9.17, 15) is 9.18 Å². The summed E-state index contributed by atoms with van der Waals surface area (Å²) in [4.78, 5) is 19.4. The molecule has 4 nitrogen and oxygen atoms in total. The van der Waals surface area contributed by atoms with Crippen molar-refractivity contribution in [1.29, 1.82) is 0 Å². The Hall–Kier alpha value is -1.82. The minimum Gasteiger partial charge on any atom is -0.347 e. The summed E-state index contributed by atoms with van der Waals surface area (Å²) in [6.07, 6.45) is 1.58. The van der Waals surface area contributed by atoms with Crippen LogP contribution in [0.2, 0.25) is 0 Å². The zero-order chi connectivity index (χ0) is 17.3. The summed E-state index contributed by atoms with van der Waals surface area (Å²) in [6.45, 7) is 7.91. The Morgan fingerprint density at radius 1 is 1.21 bits per heavy atom. The van der Waals surface area contributed by atoms with E-state index in [4.69, 9.17) is 0 Å². The average molecular weight is 347 g/mol. The molecule has 0 radical (unpaired) electrons. The Kier molecular flexibility index (Phi) is 4.67. The third-order valence-electron chi connectivity index (χ3n) is 4.35. The maximum absolute atomic E-state index is 13.0. The summed E-state index contributed by atoms with van der Waals surface area (Å²) in [7, 11) is 0. The molecule has 0 amide bonds. The van der Waals surface area contributed by atoms with Crippen LogP contribution in [0.5, 0.6) is 0 Å². The molecule has 1 aliphatic heterocycles. The first-order valence-electron chi connectivity index (χ1n) is 8.23. The summed E-state index contributed by atoms with van der Waals surface area (Å²) < 4.78 is 17.4. The Bertz CT molecular complexity index is 713. The molecule has 0 N–H and O–H groups in total. The number of carbonyl (C=O) groups excluding carboxylic acids is 1. The molecule has 128 valence electrons. The van der Waals surface area contributed by atoms with Crippen LogP contribution >= 0.6 is 11.5 Å². The van der Waals surface area contributed by atoms with Gasteiger partial charge in [-0.3, -0.25) is 4.79 Å². The summed E-state index contributed by atoms with van der Waals surface area (Å²) in [6, 6.07) is 5.84. The van der Waals surface area contributed by atoms with Gasteiger partial charge in [-0.25, -0.2) is 9.37 Å². The second-order valence-electron chi connectivity index (χ2n) is 7.28. The van der Waals surface area contributed by atoms with Gasteiger partial charge < -0.3 is 4.90 Å². The van der Waals surface area contributed by atoms with Crippen LogP contribution < -0.4 is 4.90 Å². The molecule has 0 spiro atoms. The number of ketones is 1. The van der Waals surface area contributed by atoms with Crippen molar-refractivity contribution in [3.8, 4) is 0 Å². The van der Waals surface area contributed by atoms with Gasteiger partial charge in [-0.15, -0.1) is 0 Å². The van der Waals surface area contributed by atoms with Crippen LogP contribution in [0, 0.1) is 11.7 Å². The normalized spacial score (nSPS) is 16.4. The number of halogens is 1. The second-order valence-corrected chi connectivity index (χ2v) is 8.01. The lowest BCUT2D eigenvalue weighted by Gasteiger charge is -2.30. The lowest BCUT2D eigenvalue weighted by molar-refractivity contribution is 0.0900. The van der Waals surface area contributed by atoms with E-state index in [0.29, 0.717) is 5.56 Å². The van der Waals surface area contributed by atoms with Gasteiger partial charge in [0.25, 0.3) is 0 Å². The number of piperidine rings is 1. The molecule has 0 aliphatic carbocycles. The van der Waals surface area contributed by atoms with E-state index in [1.807, 2.05) is 0 Å². The van der Waals surface area contributed by atoms with Crippen LogP contribution in [-0.2, 0) is 5.41 Å². The first-order chi connectivity index (χ1) is 11.3. The Morgan fingerprint density at radius 3 is 2.38 bits per heavy atom. The van der Waals surface area contributed by atoms with Crippen molar-refractivity contribution in [3.05, 3.63) is 41.5 Å². The van der Waals surface area contributed by atoms with Gasteiger partial charge in [-0.1, -0.05) is 20.8 Å². The van der Waals surface area contributed by atoms with Crippen molar-refractivity contribution >= 4 is 22.4 Å². The zero-order valence-corrected chi connectivity index (χ0v) is 15.1. The lowest BCUT2D eigenvalue weighted by atomic mass is 9.89. The number of carbonyl (C=O) groups is 1. The van der Waals surface area contributed by atoms with Gasteiger partial charge in [0.05, 0.1) is 0 Å². The van der Waals surface area contributed by atoms with Crippen molar-refractivity contribution in [2.75, 3.05) is 18.0 Å². The van der Waals surface area contributed by atoms with E-state index in [1.165, 1.54) is 23.7 Å². The number of nitrogens with zero attached hydrogens (tertiary/aromatic N) is 3. The largest absolute Gasteiger partial charge is 0.347 e. The Labute approximate surface area is 145 Å². The fourth-order valence-electron chi connectivity index (χ4n) is 2.83. The third-order valence-corrected chi connectivity index (χ3v) is 5.13. The summed E-state index contributed by atoms with van der Waals surface area (Å²) in [5, 5.41) is 0.938. The summed E-state index contributed by atoms with van der Waals surface area (Å²) in [5.41, 5.74) is 0.548. The van der Waals surface area contributed by atoms with E-state index < -0.39 is 0 Å². The van der Waals surface area contributed by atoms with Gasteiger partial charge in [-0.2, -0.15) is 4.37 Å². The number of rotatable bonds is 3. The van der Waals surface area contributed by atoms with E-state index in [2.05, 4.69) is 35.0 Å². The van der Waals surface area contributed by atoms with Crippen molar-refractivity contribution in [3.63, 3.8) is 0 Å². The second kappa shape index (κ2) is 6.59. The topological polar surface area (TPSA) is 46.1 Å². The monoisotopic (exact) mass is 347 g/mol. The summed E-state index contributed by atoms with van der Waals surface area (Å²) in [5.74, 6) is 0.670. The SMILES string of the molecule is CC(C)(C)c1nsc(N2CCC(C(=O)c3ccc(F)cc3)CC2)n1. The number of Topliss-reactive ketones (excluding diaryl/α,β-unsaturated/α-hetero) is 1. The molecule has 0 saturated carbocycles. The highest BCUT2D eigenvalue weighted by Crippen LogP contribution is 2.29. The molecule has 0 atom stereocenters. The maximum Gasteiger partial charge on any atom is 0.205 e. The van der Waals surface area contributed by atoms with E-state index in [0.717, 1.165) is 36.9 Å². The quantitative estimate of drug-likeness (QED) is 0.785. The van der Waals surface area contributed by atoms with Crippen molar-refractivity contribution in [2.45, 2.75) is 39.0 Å². The van der Waals surface area contributed by atoms with Gasteiger partial charge in [0, 0.05) is 41.5 Å². The van der Waals surface area contributed by atoms with Crippen molar-refractivity contribution in [2.24, 2.45) is 5.92 Å². The van der Waals surface area contributed by atoms with Crippen LogP contribution in [0.3, 0.4) is 0 Å². The molecular formula is C18H22FN3OS. The molecule has 3 rings (SSSR count). The van der Waals surface area contributed by atoms with Crippen LogP contribution in [0.15, 0.2) is 24.3 Å². The van der Waals surface area contributed by atoms with Crippen LogP contribution in [0.1, 0.15) is 49.8 Å². The minimum atomic E-state index is -0.313. The van der Waals surface area contributed by atoms with Crippen molar-refractivity contribution in [1.82, 2.24) is 9.36 Å².